The zero-order chi connectivity index (χ0) is 21.3. The van der Waals surface area contributed by atoms with Gasteiger partial charge in [-0.15, -0.1) is 5.10 Å². The molecule has 0 fully saturated rings. The number of carbonyl (C=O) groups excluding carboxylic acids is 1. The smallest absolute Gasteiger partial charge is 0.295 e. The number of nitrogens with zero attached hydrogens (tertiary/aromatic N) is 3. The van der Waals surface area contributed by atoms with Crippen molar-refractivity contribution in [2.24, 2.45) is 0 Å². The summed E-state index contributed by atoms with van der Waals surface area (Å²) in [4.78, 5) is 17.4. The molecular weight excluding hydrogens is 443 g/mol. The highest BCUT2D eigenvalue weighted by atomic mass is 35.5. The largest absolute Gasteiger partial charge is 0.319 e. The van der Waals surface area contributed by atoms with E-state index >= 15 is 0 Å². The first-order chi connectivity index (χ1) is 14.4. The van der Waals surface area contributed by atoms with E-state index in [1.54, 1.807) is 59.3 Å². The fourth-order valence-electron chi connectivity index (χ4n) is 2.91. The molecular formula is C22H15Cl3N4O. The molecule has 1 aromatic heterocycles. The summed E-state index contributed by atoms with van der Waals surface area (Å²) in [5.41, 5.74) is 2.79. The van der Waals surface area contributed by atoms with Crippen molar-refractivity contribution in [3.63, 3.8) is 0 Å². The molecule has 0 unspecified atom stereocenters. The summed E-state index contributed by atoms with van der Waals surface area (Å²) in [5.74, 6) is 0.0449. The van der Waals surface area contributed by atoms with Gasteiger partial charge in [0.25, 0.3) is 5.91 Å². The third-order valence-electron chi connectivity index (χ3n) is 4.48. The van der Waals surface area contributed by atoms with Crippen molar-refractivity contribution in [3.8, 4) is 17.1 Å². The summed E-state index contributed by atoms with van der Waals surface area (Å²) in [7, 11) is 0. The Morgan fingerprint density at radius 3 is 2.40 bits per heavy atom. The number of amides is 1. The average Bonchev–Trinajstić information content (AvgIpc) is 3.18. The minimum atomic E-state index is -0.448. The van der Waals surface area contributed by atoms with Crippen molar-refractivity contribution in [2.45, 2.75) is 6.92 Å². The third kappa shape index (κ3) is 4.19. The molecule has 8 heteroatoms. The molecule has 4 aromatic rings. The van der Waals surface area contributed by atoms with Crippen molar-refractivity contribution in [1.82, 2.24) is 14.8 Å². The highest BCUT2D eigenvalue weighted by molar-refractivity contribution is 6.32. The molecule has 30 heavy (non-hydrogen) atoms. The van der Waals surface area contributed by atoms with E-state index in [0.29, 0.717) is 32.3 Å². The molecule has 0 spiro atoms. The van der Waals surface area contributed by atoms with E-state index in [9.17, 15) is 4.79 Å². The van der Waals surface area contributed by atoms with Crippen LogP contribution in [-0.4, -0.2) is 20.7 Å². The van der Waals surface area contributed by atoms with Gasteiger partial charge in [0.05, 0.1) is 5.69 Å². The zero-order valence-corrected chi connectivity index (χ0v) is 18.0. The molecule has 3 aromatic carbocycles. The lowest BCUT2D eigenvalue weighted by atomic mass is 10.2. The van der Waals surface area contributed by atoms with Gasteiger partial charge in [-0.05, 0) is 61.0 Å². The molecule has 1 N–H and O–H groups in total. The van der Waals surface area contributed by atoms with Crippen LogP contribution < -0.4 is 5.32 Å². The normalized spacial score (nSPS) is 10.8. The quantitative estimate of drug-likeness (QED) is 0.383. The molecule has 0 radical (unpaired) electrons. The van der Waals surface area contributed by atoms with E-state index in [0.717, 1.165) is 11.1 Å². The fourth-order valence-corrected chi connectivity index (χ4v) is 3.40. The highest BCUT2D eigenvalue weighted by Crippen LogP contribution is 2.26. The van der Waals surface area contributed by atoms with Crippen LogP contribution in [0.1, 0.15) is 16.2 Å². The van der Waals surface area contributed by atoms with Crippen LogP contribution in [0, 0.1) is 6.92 Å². The Labute approximate surface area is 188 Å². The van der Waals surface area contributed by atoms with Crippen molar-refractivity contribution in [3.05, 3.63) is 93.2 Å². The van der Waals surface area contributed by atoms with Crippen LogP contribution in [0.4, 0.5) is 5.69 Å². The van der Waals surface area contributed by atoms with E-state index in [-0.39, 0.29) is 5.82 Å². The lowest BCUT2D eigenvalue weighted by Gasteiger charge is -2.07. The molecule has 4 rings (SSSR count). The zero-order valence-electron chi connectivity index (χ0n) is 15.7. The molecule has 0 atom stereocenters. The van der Waals surface area contributed by atoms with Crippen LogP contribution in [0.3, 0.4) is 0 Å². The van der Waals surface area contributed by atoms with Gasteiger partial charge in [-0.2, -0.15) is 0 Å². The minimum Gasteiger partial charge on any atom is -0.319 e. The van der Waals surface area contributed by atoms with Gasteiger partial charge in [0.2, 0.25) is 5.82 Å². The summed E-state index contributed by atoms with van der Waals surface area (Å²) >= 11 is 18.3. The molecule has 0 aliphatic rings. The second kappa shape index (κ2) is 8.48. The topological polar surface area (TPSA) is 59.8 Å². The Kier molecular flexibility index (Phi) is 5.77. The molecule has 5 nitrogen and oxygen atoms in total. The molecule has 150 valence electrons. The van der Waals surface area contributed by atoms with E-state index in [2.05, 4.69) is 15.4 Å². The first kappa shape index (κ1) is 20.4. The predicted octanol–water partition coefficient (Wildman–Crippen LogP) is 6.46. The van der Waals surface area contributed by atoms with Crippen LogP contribution in [0.5, 0.6) is 0 Å². The Bertz CT molecular complexity index is 1240. The van der Waals surface area contributed by atoms with Crippen molar-refractivity contribution in [1.29, 1.82) is 0 Å². The number of rotatable bonds is 4. The second-order valence-electron chi connectivity index (χ2n) is 6.52. The van der Waals surface area contributed by atoms with Crippen molar-refractivity contribution in [2.75, 3.05) is 5.32 Å². The van der Waals surface area contributed by atoms with Gasteiger partial charge in [0, 0.05) is 26.3 Å². The molecule has 0 bridgehead atoms. The first-order valence-electron chi connectivity index (χ1n) is 8.98. The fraction of sp³-hybridized carbons (Fsp3) is 0.0455. The number of aromatic nitrogens is 3. The standard InChI is InChI=1S/C22H15Cl3N4O/c1-13-18(25)6-3-7-19(13)26-22(30)20-27-21(14-4-2-5-16(24)12-14)29(28-20)17-10-8-15(23)9-11-17/h2-12H,1H3,(H,26,30). The molecule has 0 saturated heterocycles. The lowest BCUT2D eigenvalue weighted by molar-refractivity contribution is 0.101. The number of hydrogen-bond donors (Lipinski definition) is 1. The highest BCUT2D eigenvalue weighted by Gasteiger charge is 2.20. The maximum atomic E-state index is 12.9. The van der Waals surface area contributed by atoms with Gasteiger partial charge in [-0.25, -0.2) is 9.67 Å². The van der Waals surface area contributed by atoms with Crippen molar-refractivity contribution < 1.29 is 4.79 Å². The maximum Gasteiger partial charge on any atom is 0.295 e. The second-order valence-corrected chi connectivity index (χ2v) is 7.80. The summed E-state index contributed by atoms with van der Waals surface area (Å²) in [6, 6.07) is 19.6. The molecule has 1 heterocycles. The van der Waals surface area contributed by atoms with Gasteiger partial charge in [0.1, 0.15) is 0 Å². The third-order valence-corrected chi connectivity index (χ3v) is 5.38. The van der Waals surface area contributed by atoms with Gasteiger partial charge in [0.15, 0.2) is 5.82 Å². The van der Waals surface area contributed by atoms with E-state index < -0.39 is 5.91 Å². The summed E-state index contributed by atoms with van der Waals surface area (Å²) < 4.78 is 1.59. The number of benzene rings is 3. The van der Waals surface area contributed by atoms with Crippen LogP contribution in [0.2, 0.25) is 15.1 Å². The average molecular weight is 458 g/mol. The van der Waals surface area contributed by atoms with E-state index in [1.807, 2.05) is 19.1 Å². The number of carbonyl (C=O) groups is 1. The Morgan fingerprint density at radius 1 is 0.933 bits per heavy atom. The van der Waals surface area contributed by atoms with Gasteiger partial charge >= 0.3 is 0 Å². The maximum absolute atomic E-state index is 12.9. The van der Waals surface area contributed by atoms with Crippen LogP contribution in [-0.2, 0) is 0 Å². The summed E-state index contributed by atoms with van der Waals surface area (Å²) in [6.45, 7) is 1.83. The predicted molar refractivity (Wildman–Crippen MR) is 121 cm³/mol. The SMILES string of the molecule is Cc1c(Cl)cccc1NC(=O)c1nc(-c2cccc(Cl)c2)n(-c2ccc(Cl)cc2)n1. The number of hydrogen-bond acceptors (Lipinski definition) is 3. The Hall–Kier alpha value is -2.86. The Morgan fingerprint density at radius 2 is 1.67 bits per heavy atom. The van der Waals surface area contributed by atoms with Crippen LogP contribution >= 0.6 is 34.8 Å². The molecule has 0 saturated carbocycles. The van der Waals surface area contributed by atoms with Gasteiger partial charge < -0.3 is 5.32 Å². The number of halogens is 3. The van der Waals surface area contributed by atoms with Crippen LogP contribution in [0.25, 0.3) is 17.1 Å². The van der Waals surface area contributed by atoms with Gasteiger partial charge in [-0.1, -0.05) is 53.0 Å². The monoisotopic (exact) mass is 456 g/mol. The summed E-state index contributed by atoms with van der Waals surface area (Å²) in [5, 5.41) is 8.97. The van der Waals surface area contributed by atoms with Crippen LogP contribution in [0.15, 0.2) is 66.7 Å². The first-order valence-corrected chi connectivity index (χ1v) is 10.1. The van der Waals surface area contributed by atoms with E-state index in [4.69, 9.17) is 34.8 Å². The summed E-state index contributed by atoms with van der Waals surface area (Å²) in [6.07, 6.45) is 0. The molecule has 1 amide bonds. The molecule has 0 aliphatic heterocycles. The van der Waals surface area contributed by atoms with Crippen molar-refractivity contribution >= 4 is 46.4 Å². The minimum absolute atomic E-state index is 0.0132. The van der Waals surface area contributed by atoms with Gasteiger partial charge in [-0.3, -0.25) is 4.79 Å². The lowest BCUT2D eigenvalue weighted by Crippen LogP contribution is -2.15. The number of anilines is 1. The Balaban J connectivity index is 1.77. The van der Waals surface area contributed by atoms with E-state index in [1.165, 1.54) is 0 Å². The molecule has 0 aliphatic carbocycles. The number of nitrogens with one attached hydrogen (secondary N) is 1.